The van der Waals surface area contributed by atoms with E-state index in [1.54, 1.807) is 47.2 Å². The molecule has 226 valence electrons. The third-order valence-corrected chi connectivity index (χ3v) is 10.4. The molecule has 2 aromatic carbocycles. The van der Waals surface area contributed by atoms with E-state index >= 15 is 0 Å². The van der Waals surface area contributed by atoms with Crippen LogP contribution in [0.3, 0.4) is 0 Å². The number of esters is 2. The van der Waals surface area contributed by atoms with Crippen LogP contribution in [-0.2, 0) is 24.7 Å². The zero-order valence-corrected chi connectivity index (χ0v) is 27.0. The van der Waals surface area contributed by atoms with Crippen molar-refractivity contribution in [2.45, 2.75) is 46.1 Å². The Hall–Kier alpha value is -2.95. The predicted octanol–water partition coefficient (Wildman–Crippen LogP) is 6.51. The van der Waals surface area contributed by atoms with Crippen LogP contribution in [0.4, 0.5) is 0 Å². The van der Waals surface area contributed by atoms with Crippen molar-refractivity contribution < 1.29 is 37.8 Å². The fourth-order valence-electron chi connectivity index (χ4n) is 5.17. The summed E-state index contributed by atoms with van der Waals surface area (Å²) >= 11 is 0. The number of hydrogen-bond acceptors (Lipinski definition) is 9. The quantitative estimate of drug-likeness (QED) is 0.0505. The summed E-state index contributed by atoms with van der Waals surface area (Å²) in [5.74, 6) is 2.16. The Balaban J connectivity index is 1.58. The minimum Gasteiger partial charge on any atom is -0.456 e. The van der Waals surface area contributed by atoms with Gasteiger partial charge in [0.05, 0.1) is 44.8 Å². The first-order valence-corrected chi connectivity index (χ1v) is 16.6. The van der Waals surface area contributed by atoms with Crippen molar-refractivity contribution in [2.24, 2.45) is 11.3 Å². The maximum Gasteiger partial charge on any atom is 0.317 e. The summed E-state index contributed by atoms with van der Waals surface area (Å²) in [7, 11) is 10.2. The lowest BCUT2D eigenvalue weighted by Crippen LogP contribution is -2.36. The highest BCUT2D eigenvalue weighted by atomic mass is 33.1. The Morgan fingerprint density at radius 1 is 1.07 bits per heavy atom. The van der Waals surface area contributed by atoms with Crippen LogP contribution in [0.25, 0.3) is 0 Å². The van der Waals surface area contributed by atoms with Crippen LogP contribution in [0.5, 0.6) is 23.0 Å². The Kier molecular flexibility index (Phi) is 9.69. The normalized spacial score (nSPS) is 21.6. The van der Waals surface area contributed by atoms with E-state index in [9.17, 15) is 14.4 Å². The van der Waals surface area contributed by atoms with E-state index in [0.717, 1.165) is 28.1 Å². The zero-order valence-electron chi connectivity index (χ0n) is 25.4. The average Bonchev–Trinajstić information content (AvgIpc) is 3.19. The number of carbonyl (C=O) groups is 3. The second-order valence-corrected chi connectivity index (χ2v) is 14.6. The highest BCUT2D eigenvalue weighted by molar-refractivity contribution is 8.76. The first kappa shape index (κ1) is 32.0. The van der Waals surface area contributed by atoms with Crippen molar-refractivity contribution in [3.8, 4) is 23.0 Å². The van der Waals surface area contributed by atoms with Crippen molar-refractivity contribution in [3.63, 3.8) is 0 Å². The second kappa shape index (κ2) is 12.7. The smallest absolute Gasteiger partial charge is 0.317 e. The van der Waals surface area contributed by atoms with Gasteiger partial charge in [-0.25, -0.2) is 0 Å². The first-order chi connectivity index (χ1) is 19.9. The number of allylic oxidation sites excluding steroid dienone is 1. The summed E-state index contributed by atoms with van der Waals surface area (Å²) in [4.78, 5) is 37.3. The Morgan fingerprint density at radius 2 is 1.69 bits per heavy atom. The molecule has 0 amide bonds. The lowest BCUT2D eigenvalue weighted by Gasteiger charge is -2.37. The third kappa shape index (κ3) is 6.35. The number of quaternary nitrogens is 1. The van der Waals surface area contributed by atoms with Crippen LogP contribution in [0.1, 0.15) is 51.7 Å². The molecule has 2 aliphatic heterocycles. The van der Waals surface area contributed by atoms with Gasteiger partial charge in [-0.05, 0) is 63.5 Å². The van der Waals surface area contributed by atoms with Crippen LogP contribution in [0.2, 0.25) is 0 Å². The molecular weight excluding hydrogens is 574 g/mol. The van der Waals surface area contributed by atoms with Crippen molar-refractivity contribution in [2.75, 3.05) is 39.2 Å². The monoisotopic (exact) mass is 614 g/mol. The molecule has 3 unspecified atom stereocenters. The molecule has 0 radical (unpaired) electrons. The van der Waals surface area contributed by atoms with E-state index in [-0.39, 0.29) is 17.7 Å². The molecule has 1 fully saturated rings. The molecule has 0 aromatic heterocycles. The van der Waals surface area contributed by atoms with Crippen molar-refractivity contribution in [3.05, 3.63) is 59.2 Å². The molecule has 2 aliphatic rings. The SMILES string of the molecule is C/C=C1\C(C)C(=O)OC12c1ccc(OC=O)cc1Oc1cc(OC(=O)C(C)(CC)CCSSCC[N+](C)(C)C)ccc12. The van der Waals surface area contributed by atoms with Crippen LogP contribution in [0.15, 0.2) is 48.0 Å². The van der Waals surface area contributed by atoms with E-state index in [4.69, 9.17) is 18.9 Å². The highest BCUT2D eigenvalue weighted by Crippen LogP contribution is 2.58. The van der Waals surface area contributed by atoms with Crippen LogP contribution in [0, 0.1) is 11.3 Å². The number of nitrogens with zero attached hydrogens (tertiary/aromatic N) is 1. The lowest BCUT2D eigenvalue weighted by molar-refractivity contribution is -0.867. The van der Waals surface area contributed by atoms with E-state index in [0.29, 0.717) is 47.7 Å². The zero-order chi connectivity index (χ0) is 30.7. The predicted molar refractivity (Wildman–Crippen MR) is 166 cm³/mol. The number of benzene rings is 2. The first-order valence-electron chi connectivity index (χ1n) is 14.1. The molecule has 10 heteroatoms. The van der Waals surface area contributed by atoms with Gasteiger partial charge >= 0.3 is 11.9 Å². The number of rotatable bonds is 12. The average molecular weight is 615 g/mol. The van der Waals surface area contributed by atoms with Gasteiger partial charge in [-0.2, -0.15) is 0 Å². The Labute approximate surface area is 256 Å². The van der Waals surface area contributed by atoms with Crippen molar-refractivity contribution in [1.29, 1.82) is 0 Å². The molecule has 0 aliphatic carbocycles. The molecule has 4 rings (SSSR count). The van der Waals surface area contributed by atoms with Gasteiger partial charge in [-0.15, -0.1) is 0 Å². The standard InChI is InChI=1S/C32H40NO7S2/c1-8-24-21(3)29(35)40-32(24)25-12-10-22(37-20-34)18-27(25)39-28-19-23(11-13-26(28)32)38-30(36)31(4,9-2)14-16-41-42-17-15-33(5,6)7/h8,10-13,18-21H,9,14-17H2,1-7H3/q+1/b24-8+. The van der Waals surface area contributed by atoms with Gasteiger partial charge in [0.25, 0.3) is 6.47 Å². The number of fused-ring (bicyclic) bond motifs is 4. The van der Waals surface area contributed by atoms with Crippen LogP contribution >= 0.6 is 21.6 Å². The van der Waals surface area contributed by atoms with Gasteiger partial charge in [0, 0.05) is 29.0 Å². The van der Waals surface area contributed by atoms with E-state index in [1.807, 2.05) is 44.6 Å². The van der Waals surface area contributed by atoms with Crippen LogP contribution < -0.4 is 14.2 Å². The van der Waals surface area contributed by atoms with Crippen molar-refractivity contribution in [1.82, 2.24) is 0 Å². The molecular formula is C32H40NO7S2+. The number of ether oxygens (including phenoxy) is 4. The summed E-state index contributed by atoms with van der Waals surface area (Å²) in [6, 6.07) is 10.1. The maximum atomic E-state index is 13.4. The van der Waals surface area contributed by atoms with Gasteiger partial charge < -0.3 is 23.4 Å². The van der Waals surface area contributed by atoms with E-state index in [1.165, 1.54) is 0 Å². The van der Waals surface area contributed by atoms with Gasteiger partial charge in [0.15, 0.2) is 5.60 Å². The summed E-state index contributed by atoms with van der Waals surface area (Å²) in [5.41, 5.74) is 0.176. The van der Waals surface area contributed by atoms with Crippen LogP contribution in [-0.4, -0.2) is 62.1 Å². The summed E-state index contributed by atoms with van der Waals surface area (Å²) in [6.07, 6.45) is 3.23. The Morgan fingerprint density at radius 3 is 2.29 bits per heavy atom. The minimum atomic E-state index is -1.21. The fraction of sp³-hybridized carbons (Fsp3) is 0.469. The molecule has 0 N–H and O–H groups in total. The number of hydrogen-bond donors (Lipinski definition) is 0. The molecule has 8 nitrogen and oxygen atoms in total. The summed E-state index contributed by atoms with van der Waals surface area (Å²) in [5, 5.41) is 0. The molecule has 2 heterocycles. The summed E-state index contributed by atoms with van der Waals surface area (Å²) < 4.78 is 24.3. The fourth-order valence-corrected chi connectivity index (χ4v) is 7.74. The lowest BCUT2D eigenvalue weighted by atomic mass is 9.75. The van der Waals surface area contributed by atoms with E-state index in [2.05, 4.69) is 21.1 Å². The minimum absolute atomic E-state index is 0.288. The molecule has 3 atom stereocenters. The van der Waals surface area contributed by atoms with Gasteiger partial charge in [-0.1, -0.05) is 34.6 Å². The molecule has 1 saturated heterocycles. The maximum absolute atomic E-state index is 13.4. The number of carbonyl (C=O) groups excluding carboxylic acids is 3. The second-order valence-electron chi connectivity index (χ2n) is 11.9. The molecule has 2 aromatic rings. The van der Waals surface area contributed by atoms with Gasteiger partial charge in [0.2, 0.25) is 0 Å². The largest absolute Gasteiger partial charge is 0.456 e. The molecule has 42 heavy (non-hydrogen) atoms. The van der Waals surface area contributed by atoms with E-state index < -0.39 is 16.9 Å². The third-order valence-electron chi connectivity index (χ3n) is 8.01. The summed E-state index contributed by atoms with van der Waals surface area (Å²) in [6.45, 7) is 9.05. The highest BCUT2D eigenvalue weighted by Gasteiger charge is 2.56. The van der Waals surface area contributed by atoms with Crippen molar-refractivity contribution >= 4 is 40.0 Å². The molecule has 0 bridgehead atoms. The van der Waals surface area contributed by atoms with Gasteiger partial charge in [0.1, 0.15) is 23.0 Å². The molecule has 0 saturated carbocycles. The van der Waals surface area contributed by atoms with Gasteiger partial charge in [-0.3, -0.25) is 14.4 Å². The molecule has 1 spiro atoms. The topological polar surface area (TPSA) is 88.1 Å². The Bertz CT molecular complexity index is 1390.